The molecule has 170 valence electrons. The number of alkyl halides is 5. The standard InChI is InChI=1S/C21H22F5NO4/c1-27(12-15-3-7-16(8-4-15)31-20(22)23)19(28)10-6-14-5-9-17(18(11-14)29-2)30-13-21(24,25)26/h3-5,7-9,11,20H,6,10,12-13H2,1-2H3. The van der Waals surface area contributed by atoms with Crippen molar-refractivity contribution in [2.75, 3.05) is 20.8 Å². The maximum absolute atomic E-state index is 12.4. The highest BCUT2D eigenvalue weighted by molar-refractivity contribution is 5.76. The number of aryl methyl sites for hydroxylation is 1. The van der Waals surface area contributed by atoms with Crippen LogP contribution in [0, 0.1) is 0 Å². The van der Waals surface area contributed by atoms with Gasteiger partial charge in [0, 0.05) is 20.0 Å². The Morgan fingerprint density at radius 2 is 1.68 bits per heavy atom. The molecular weight excluding hydrogens is 425 g/mol. The van der Waals surface area contributed by atoms with Crippen molar-refractivity contribution in [3.63, 3.8) is 0 Å². The molecule has 2 rings (SSSR count). The molecule has 0 heterocycles. The van der Waals surface area contributed by atoms with E-state index in [1.54, 1.807) is 25.2 Å². The normalized spacial score (nSPS) is 11.4. The molecule has 0 aliphatic carbocycles. The summed E-state index contributed by atoms with van der Waals surface area (Å²) in [6.45, 7) is -4.05. The summed E-state index contributed by atoms with van der Waals surface area (Å²) < 4.78 is 75.4. The molecule has 0 N–H and O–H groups in total. The summed E-state index contributed by atoms with van der Waals surface area (Å²) in [7, 11) is 2.93. The highest BCUT2D eigenvalue weighted by atomic mass is 19.4. The molecule has 0 atom stereocenters. The predicted octanol–water partition coefficient (Wildman–Crippen LogP) is 4.83. The van der Waals surface area contributed by atoms with Gasteiger partial charge in [0.1, 0.15) is 5.75 Å². The van der Waals surface area contributed by atoms with Gasteiger partial charge in [0.2, 0.25) is 5.91 Å². The van der Waals surface area contributed by atoms with Gasteiger partial charge in [0.05, 0.1) is 7.11 Å². The lowest BCUT2D eigenvalue weighted by molar-refractivity contribution is -0.153. The smallest absolute Gasteiger partial charge is 0.422 e. The fourth-order valence-corrected chi connectivity index (χ4v) is 2.73. The Hall–Kier alpha value is -3.04. The number of halogens is 5. The van der Waals surface area contributed by atoms with E-state index in [9.17, 15) is 26.7 Å². The number of benzene rings is 2. The predicted molar refractivity (Wildman–Crippen MR) is 102 cm³/mol. The molecule has 0 saturated heterocycles. The van der Waals surface area contributed by atoms with E-state index in [-0.39, 0.29) is 36.1 Å². The quantitative estimate of drug-likeness (QED) is 0.490. The molecule has 10 heteroatoms. The van der Waals surface area contributed by atoms with Gasteiger partial charge in [-0.25, -0.2) is 0 Å². The Balaban J connectivity index is 1.89. The highest BCUT2D eigenvalue weighted by Gasteiger charge is 2.29. The van der Waals surface area contributed by atoms with Gasteiger partial charge in [0.15, 0.2) is 18.1 Å². The summed E-state index contributed by atoms with van der Waals surface area (Å²) in [5.41, 5.74) is 1.44. The Labute approximate surface area is 176 Å². The number of nitrogens with zero attached hydrogens (tertiary/aromatic N) is 1. The topological polar surface area (TPSA) is 48.0 Å². The fourth-order valence-electron chi connectivity index (χ4n) is 2.73. The third-order valence-electron chi connectivity index (χ3n) is 4.24. The monoisotopic (exact) mass is 447 g/mol. The molecule has 2 aromatic carbocycles. The van der Waals surface area contributed by atoms with E-state index in [1.165, 1.54) is 36.3 Å². The molecule has 0 bridgehead atoms. The molecule has 1 amide bonds. The minimum Gasteiger partial charge on any atom is -0.493 e. The van der Waals surface area contributed by atoms with Crippen molar-refractivity contribution in [3.05, 3.63) is 53.6 Å². The van der Waals surface area contributed by atoms with Crippen LogP contribution in [0.5, 0.6) is 17.2 Å². The number of carbonyl (C=O) groups is 1. The zero-order chi connectivity index (χ0) is 23.0. The van der Waals surface area contributed by atoms with E-state index in [0.717, 1.165) is 5.56 Å². The van der Waals surface area contributed by atoms with E-state index in [1.807, 2.05) is 0 Å². The first-order valence-corrected chi connectivity index (χ1v) is 9.21. The average Bonchev–Trinajstić information content (AvgIpc) is 2.71. The molecule has 2 aromatic rings. The molecule has 5 nitrogen and oxygen atoms in total. The summed E-state index contributed by atoms with van der Waals surface area (Å²) >= 11 is 0. The second-order valence-electron chi connectivity index (χ2n) is 6.66. The zero-order valence-electron chi connectivity index (χ0n) is 16.9. The molecule has 0 aromatic heterocycles. The molecule has 0 radical (unpaired) electrons. The SMILES string of the molecule is COc1cc(CCC(=O)N(C)Cc2ccc(OC(F)F)cc2)ccc1OCC(F)(F)F. The van der Waals surface area contributed by atoms with Gasteiger partial charge < -0.3 is 19.1 Å². The minimum atomic E-state index is -4.46. The van der Waals surface area contributed by atoms with E-state index >= 15 is 0 Å². The molecule has 0 saturated carbocycles. The summed E-state index contributed by atoms with van der Waals surface area (Å²) in [4.78, 5) is 13.9. The highest BCUT2D eigenvalue weighted by Crippen LogP contribution is 2.30. The van der Waals surface area contributed by atoms with Crippen molar-refractivity contribution in [1.29, 1.82) is 0 Å². The van der Waals surface area contributed by atoms with Crippen LogP contribution in [0.2, 0.25) is 0 Å². The third kappa shape index (κ3) is 8.31. The number of amides is 1. The number of rotatable bonds is 10. The van der Waals surface area contributed by atoms with Crippen molar-refractivity contribution in [2.45, 2.75) is 32.2 Å². The van der Waals surface area contributed by atoms with Crippen molar-refractivity contribution in [2.24, 2.45) is 0 Å². The van der Waals surface area contributed by atoms with Crippen LogP contribution in [-0.2, 0) is 17.8 Å². The average molecular weight is 447 g/mol. The first-order chi connectivity index (χ1) is 14.6. The molecule has 0 aliphatic rings. The molecule has 0 aliphatic heterocycles. The molecular formula is C21H22F5NO4. The van der Waals surface area contributed by atoms with Gasteiger partial charge >= 0.3 is 12.8 Å². The van der Waals surface area contributed by atoms with Crippen LogP contribution in [0.4, 0.5) is 22.0 Å². The number of hydrogen-bond acceptors (Lipinski definition) is 4. The van der Waals surface area contributed by atoms with Gasteiger partial charge in [-0.1, -0.05) is 18.2 Å². The third-order valence-corrected chi connectivity index (χ3v) is 4.24. The largest absolute Gasteiger partial charge is 0.493 e. The lowest BCUT2D eigenvalue weighted by Crippen LogP contribution is -2.26. The van der Waals surface area contributed by atoms with Gasteiger partial charge in [-0.15, -0.1) is 0 Å². The van der Waals surface area contributed by atoms with Crippen LogP contribution in [0.3, 0.4) is 0 Å². The van der Waals surface area contributed by atoms with E-state index in [2.05, 4.69) is 4.74 Å². The Kier molecular flexibility index (Phi) is 8.47. The van der Waals surface area contributed by atoms with Crippen molar-refractivity contribution in [1.82, 2.24) is 4.90 Å². The Bertz CT molecular complexity index is 856. The van der Waals surface area contributed by atoms with Crippen LogP contribution in [-0.4, -0.2) is 44.4 Å². The summed E-state index contributed by atoms with van der Waals surface area (Å²) in [6.07, 6.45) is -3.95. The minimum absolute atomic E-state index is 0.0318. The summed E-state index contributed by atoms with van der Waals surface area (Å²) in [6, 6.07) is 10.4. The van der Waals surface area contributed by atoms with Crippen molar-refractivity contribution < 1.29 is 41.0 Å². The first kappa shape index (κ1) is 24.2. The van der Waals surface area contributed by atoms with Crippen LogP contribution >= 0.6 is 0 Å². The Morgan fingerprint density at radius 3 is 2.26 bits per heavy atom. The lowest BCUT2D eigenvalue weighted by Gasteiger charge is -2.18. The number of hydrogen-bond donors (Lipinski definition) is 0. The van der Waals surface area contributed by atoms with Gasteiger partial charge in [-0.05, 0) is 41.8 Å². The first-order valence-electron chi connectivity index (χ1n) is 9.21. The van der Waals surface area contributed by atoms with Crippen LogP contribution in [0.1, 0.15) is 17.5 Å². The van der Waals surface area contributed by atoms with Crippen LogP contribution in [0.15, 0.2) is 42.5 Å². The maximum Gasteiger partial charge on any atom is 0.422 e. The zero-order valence-corrected chi connectivity index (χ0v) is 16.9. The number of ether oxygens (including phenoxy) is 3. The maximum atomic E-state index is 12.4. The summed E-state index contributed by atoms with van der Waals surface area (Å²) in [5.74, 6) is -0.0199. The van der Waals surface area contributed by atoms with Crippen LogP contribution < -0.4 is 14.2 Å². The molecule has 0 spiro atoms. The van der Waals surface area contributed by atoms with Crippen LogP contribution in [0.25, 0.3) is 0 Å². The number of methoxy groups -OCH3 is 1. The van der Waals surface area contributed by atoms with Gasteiger partial charge in [-0.3, -0.25) is 4.79 Å². The second kappa shape index (κ2) is 10.8. The van der Waals surface area contributed by atoms with E-state index < -0.39 is 19.4 Å². The van der Waals surface area contributed by atoms with Gasteiger partial charge in [-0.2, -0.15) is 22.0 Å². The van der Waals surface area contributed by atoms with Crippen molar-refractivity contribution >= 4 is 5.91 Å². The Morgan fingerprint density at radius 1 is 1.03 bits per heavy atom. The number of carbonyl (C=O) groups excluding carboxylic acids is 1. The summed E-state index contributed by atoms with van der Waals surface area (Å²) in [5, 5.41) is 0. The van der Waals surface area contributed by atoms with Crippen molar-refractivity contribution in [3.8, 4) is 17.2 Å². The lowest BCUT2D eigenvalue weighted by atomic mass is 10.1. The molecule has 0 fully saturated rings. The molecule has 0 unspecified atom stereocenters. The van der Waals surface area contributed by atoms with Gasteiger partial charge in [0.25, 0.3) is 0 Å². The van der Waals surface area contributed by atoms with E-state index in [0.29, 0.717) is 12.0 Å². The fraction of sp³-hybridized carbons (Fsp3) is 0.381. The molecule has 31 heavy (non-hydrogen) atoms. The van der Waals surface area contributed by atoms with E-state index in [4.69, 9.17) is 9.47 Å². The second-order valence-corrected chi connectivity index (χ2v) is 6.66.